The van der Waals surface area contributed by atoms with Crippen LogP contribution in [0.4, 0.5) is 0 Å². The summed E-state index contributed by atoms with van der Waals surface area (Å²) in [6, 6.07) is 0.364. The van der Waals surface area contributed by atoms with Crippen LogP contribution in [0.5, 0.6) is 0 Å². The molecule has 0 aromatic rings. The van der Waals surface area contributed by atoms with E-state index in [9.17, 15) is 5.11 Å². The Kier molecular flexibility index (Phi) is 4.75. The van der Waals surface area contributed by atoms with E-state index in [0.29, 0.717) is 19.1 Å². The van der Waals surface area contributed by atoms with Gasteiger partial charge in [-0.15, -0.1) is 0 Å². The topological polar surface area (TPSA) is 43.7 Å². The maximum absolute atomic E-state index is 9.54. The monoisotopic (exact) mass is 175 g/mol. The average molecular weight is 175 g/mol. The number of aliphatic hydroxyl groups is 2. The second-order valence-electron chi connectivity index (χ2n) is 4.10. The van der Waals surface area contributed by atoms with Crippen LogP contribution < -0.4 is 0 Å². The Morgan fingerprint density at radius 2 is 1.83 bits per heavy atom. The summed E-state index contributed by atoms with van der Waals surface area (Å²) >= 11 is 0. The van der Waals surface area contributed by atoms with Crippen molar-refractivity contribution in [2.24, 2.45) is 0 Å². The minimum atomic E-state index is -0.681. The summed E-state index contributed by atoms with van der Waals surface area (Å²) in [7, 11) is 0. The van der Waals surface area contributed by atoms with Crippen molar-refractivity contribution in [2.45, 2.75) is 39.3 Å². The third-order valence-corrected chi connectivity index (χ3v) is 1.71. The zero-order valence-electron chi connectivity index (χ0n) is 8.54. The summed E-state index contributed by atoms with van der Waals surface area (Å²) in [5, 5.41) is 18.3. The minimum absolute atomic E-state index is 0.147. The van der Waals surface area contributed by atoms with Gasteiger partial charge in [0.05, 0.1) is 12.2 Å². The third-order valence-electron chi connectivity index (χ3n) is 1.71. The van der Waals surface area contributed by atoms with Gasteiger partial charge in [0.2, 0.25) is 0 Å². The Morgan fingerprint density at radius 3 is 2.08 bits per heavy atom. The first-order valence-corrected chi connectivity index (χ1v) is 4.44. The molecule has 0 saturated carbocycles. The summed E-state index contributed by atoms with van der Waals surface area (Å²) in [4.78, 5) is 2.06. The Balaban J connectivity index is 3.95. The molecular formula is C9H21NO2. The number of rotatable bonds is 5. The number of nitrogens with zero attached hydrogens (tertiary/aromatic N) is 1. The van der Waals surface area contributed by atoms with Crippen LogP contribution in [0.25, 0.3) is 0 Å². The number of hydrogen-bond acceptors (Lipinski definition) is 3. The van der Waals surface area contributed by atoms with E-state index >= 15 is 0 Å². The van der Waals surface area contributed by atoms with E-state index in [1.54, 1.807) is 13.8 Å². The van der Waals surface area contributed by atoms with E-state index in [0.717, 1.165) is 0 Å². The van der Waals surface area contributed by atoms with E-state index in [2.05, 4.69) is 18.7 Å². The second kappa shape index (κ2) is 4.80. The van der Waals surface area contributed by atoms with E-state index in [4.69, 9.17) is 5.11 Å². The molecule has 74 valence electrons. The van der Waals surface area contributed by atoms with Crippen LogP contribution in [0.15, 0.2) is 0 Å². The molecule has 0 radical (unpaired) electrons. The molecule has 0 fully saturated rings. The molecule has 0 aliphatic carbocycles. The first kappa shape index (κ1) is 11.9. The lowest BCUT2D eigenvalue weighted by molar-refractivity contribution is 0.0199. The predicted octanol–water partition coefficient (Wildman–Crippen LogP) is 0.460. The molecule has 0 aliphatic heterocycles. The molecule has 2 N–H and O–H groups in total. The fourth-order valence-corrected chi connectivity index (χ4v) is 1.15. The molecule has 0 aromatic carbocycles. The Bertz CT molecular complexity index is 118. The number of aliphatic hydroxyl groups excluding tert-OH is 1. The largest absolute Gasteiger partial charge is 0.395 e. The van der Waals surface area contributed by atoms with E-state index in [1.165, 1.54) is 0 Å². The van der Waals surface area contributed by atoms with Gasteiger partial charge in [0.1, 0.15) is 0 Å². The summed E-state index contributed by atoms with van der Waals surface area (Å²) in [5.41, 5.74) is -0.681. The van der Waals surface area contributed by atoms with Crippen molar-refractivity contribution in [3.8, 4) is 0 Å². The van der Waals surface area contributed by atoms with Crippen LogP contribution in [0.2, 0.25) is 0 Å². The zero-order chi connectivity index (χ0) is 9.78. The molecule has 3 nitrogen and oxygen atoms in total. The maximum Gasteiger partial charge on any atom is 0.0718 e. The van der Waals surface area contributed by atoms with Gasteiger partial charge in [-0.05, 0) is 27.7 Å². The van der Waals surface area contributed by atoms with Gasteiger partial charge in [-0.25, -0.2) is 0 Å². The van der Waals surface area contributed by atoms with Crippen molar-refractivity contribution in [2.75, 3.05) is 19.7 Å². The Hall–Kier alpha value is -0.120. The van der Waals surface area contributed by atoms with Crippen molar-refractivity contribution >= 4 is 0 Å². The van der Waals surface area contributed by atoms with Crippen LogP contribution in [0.1, 0.15) is 27.7 Å². The fraction of sp³-hybridized carbons (Fsp3) is 1.00. The quantitative estimate of drug-likeness (QED) is 0.638. The van der Waals surface area contributed by atoms with Gasteiger partial charge in [-0.1, -0.05) is 0 Å². The van der Waals surface area contributed by atoms with E-state index in [-0.39, 0.29) is 6.61 Å². The molecule has 0 spiro atoms. The molecule has 0 bridgehead atoms. The van der Waals surface area contributed by atoms with Crippen LogP contribution >= 0.6 is 0 Å². The van der Waals surface area contributed by atoms with Crippen molar-refractivity contribution in [1.82, 2.24) is 4.90 Å². The summed E-state index contributed by atoms with van der Waals surface area (Å²) in [5.74, 6) is 0. The summed E-state index contributed by atoms with van der Waals surface area (Å²) in [6.45, 7) is 9.05. The highest BCUT2D eigenvalue weighted by atomic mass is 16.3. The van der Waals surface area contributed by atoms with Gasteiger partial charge in [0, 0.05) is 19.1 Å². The van der Waals surface area contributed by atoms with Gasteiger partial charge in [0.25, 0.3) is 0 Å². The molecule has 0 rings (SSSR count). The fourth-order valence-electron chi connectivity index (χ4n) is 1.15. The normalized spacial score (nSPS) is 13.0. The van der Waals surface area contributed by atoms with Crippen molar-refractivity contribution in [1.29, 1.82) is 0 Å². The first-order chi connectivity index (χ1) is 5.37. The minimum Gasteiger partial charge on any atom is -0.395 e. The summed E-state index contributed by atoms with van der Waals surface area (Å²) < 4.78 is 0. The third kappa shape index (κ3) is 5.52. The molecule has 0 saturated heterocycles. The lowest BCUT2D eigenvalue weighted by Gasteiger charge is -2.31. The van der Waals surface area contributed by atoms with E-state index in [1.807, 2.05) is 0 Å². The molecule has 3 heteroatoms. The first-order valence-electron chi connectivity index (χ1n) is 4.44. The maximum atomic E-state index is 9.54. The highest BCUT2D eigenvalue weighted by Gasteiger charge is 2.19. The van der Waals surface area contributed by atoms with Gasteiger partial charge < -0.3 is 10.2 Å². The lowest BCUT2D eigenvalue weighted by Crippen LogP contribution is -2.43. The van der Waals surface area contributed by atoms with Gasteiger partial charge in [0.15, 0.2) is 0 Å². The molecule has 0 heterocycles. The molecule has 12 heavy (non-hydrogen) atoms. The average Bonchev–Trinajstić information content (AvgIpc) is 1.83. The Labute approximate surface area is 75.0 Å². The van der Waals surface area contributed by atoms with E-state index < -0.39 is 5.60 Å². The molecule has 0 unspecified atom stereocenters. The highest BCUT2D eigenvalue weighted by Crippen LogP contribution is 2.07. The Morgan fingerprint density at radius 1 is 1.33 bits per heavy atom. The lowest BCUT2D eigenvalue weighted by atomic mass is 10.1. The van der Waals surface area contributed by atoms with Crippen LogP contribution in [-0.2, 0) is 0 Å². The van der Waals surface area contributed by atoms with Gasteiger partial charge in [-0.3, -0.25) is 4.90 Å². The highest BCUT2D eigenvalue weighted by molar-refractivity contribution is 4.74. The van der Waals surface area contributed by atoms with Crippen molar-refractivity contribution in [3.63, 3.8) is 0 Å². The molecule has 0 atom stereocenters. The van der Waals surface area contributed by atoms with Crippen LogP contribution in [0.3, 0.4) is 0 Å². The van der Waals surface area contributed by atoms with Crippen molar-refractivity contribution < 1.29 is 10.2 Å². The second-order valence-corrected chi connectivity index (χ2v) is 4.10. The van der Waals surface area contributed by atoms with Gasteiger partial charge >= 0.3 is 0 Å². The summed E-state index contributed by atoms with van der Waals surface area (Å²) in [6.07, 6.45) is 0. The van der Waals surface area contributed by atoms with Crippen molar-refractivity contribution in [3.05, 3.63) is 0 Å². The zero-order valence-corrected chi connectivity index (χ0v) is 8.54. The van der Waals surface area contributed by atoms with Crippen LogP contribution in [-0.4, -0.2) is 46.5 Å². The number of hydrogen-bond donors (Lipinski definition) is 2. The standard InChI is InChI=1S/C9H21NO2/c1-8(2)10(5-6-11)7-9(3,4)12/h8,11-12H,5-7H2,1-4H3. The van der Waals surface area contributed by atoms with Crippen LogP contribution in [0, 0.1) is 0 Å². The molecule has 0 aliphatic rings. The smallest absolute Gasteiger partial charge is 0.0718 e. The van der Waals surface area contributed by atoms with Gasteiger partial charge in [-0.2, -0.15) is 0 Å². The predicted molar refractivity (Wildman–Crippen MR) is 50.1 cm³/mol. The molecule has 0 amide bonds. The SMILES string of the molecule is CC(C)N(CCO)CC(C)(C)O. The molecule has 0 aromatic heterocycles. The molecular weight excluding hydrogens is 154 g/mol.